The number of carbonyl (C=O) groups excluding carboxylic acids is 1. The number of aryl methyl sites for hydroxylation is 2. The van der Waals surface area contributed by atoms with Crippen LogP contribution in [0.2, 0.25) is 0 Å². The molecule has 1 aliphatic heterocycles. The lowest BCUT2D eigenvalue weighted by Gasteiger charge is -2.26. The standard InChI is InChI=1S/C23H25N5O5S/c1-14-6-5-7-15(2)20(14)27-34(30,31)19-11-17(13-25-23(19)32-4)26-22(29)16-10-18-21(24-12-16)28(3)8-9-33-18/h5-7,10-13,27H,8-9H2,1-4H3,(H,26,29). The van der Waals surface area contributed by atoms with Crippen LogP contribution in [0.1, 0.15) is 21.5 Å². The van der Waals surface area contributed by atoms with Crippen molar-refractivity contribution in [2.75, 3.05) is 42.2 Å². The third-order valence-electron chi connectivity index (χ3n) is 5.42. The Morgan fingerprint density at radius 3 is 2.59 bits per heavy atom. The zero-order chi connectivity index (χ0) is 24.5. The number of pyridine rings is 2. The molecule has 1 amide bonds. The van der Waals surface area contributed by atoms with Gasteiger partial charge in [-0.25, -0.2) is 18.4 Å². The molecule has 0 atom stereocenters. The number of likely N-dealkylation sites (N-methyl/N-ethyl adjacent to an activating group) is 1. The second kappa shape index (κ2) is 9.18. The fourth-order valence-corrected chi connectivity index (χ4v) is 4.92. The second-order valence-electron chi connectivity index (χ2n) is 7.87. The Bertz CT molecular complexity index is 1340. The molecule has 4 rings (SSSR count). The van der Waals surface area contributed by atoms with Crippen molar-refractivity contribution < 1.29 is 22.7 Å². The molecule has 11 heteroatoms. The van der Waals surface area contributed by atoms with Crippen molar-refractivity contribution in [2.24, 2.45) is 0 Å². The number of fused-ring (bicyclic) bond motifs is 1. The molecule has 2 N–H and O–H groups in total. The highest BCUT2D eigenvalue weighted by Gasteiger charge is 2.24. The highest BCUT2D eigenvalue weighted by molar-refractivity contribution is 7.92. The molecule has 3 heterocycles. The van der Waals surface area contributed by atoms with Crippen LogP contribution in [-0.4, -0.2) is 51.6 Å². The molecule has 34 heavy (non-hydrogen) atoms. The number of benzene rings is 1. The summed E-state index contributed by atoms with van der Waals surface area (Å²) in [5.41, 5.74) is 2.47. The predicted octanol–water partition coefficient (Wildman–Crippen LogP) is 2.98. The lowest BCUT2D eigenvalue weighted by Crippen LogP contribution is -2.30. The van der Waals surface area contributed by atoms with E-state index in [4.69, 9.17) is 9.47 Å². The Kier molecular flexibility index (Phi) is 6.29. The minimum Gasteiger partial charge on any atom is -0.488 e. The number of ether oxygens (including phenoxy) is 2. The summed E-state index contributed by atoms with van der Waals surface area (Å²) in [5, 5.41) is 2.67. The third-order valence-corrected chi connectivity index (χ3v) is 6.76. The van der Waals surface area contributed by atoms with E-state index in [2.05, 4.69) is 20.0 Å². The maximum absolute atomic E-state index is 13.2. The number of para-hydroxylation sites is 1. The summed E-state index contributed by atoms with van der Waals surface area (Å²) in [7, 11) is -0.847. The van der Waals surface area contributed by atoms with E-state index in [9.17, 15) is 13.2 Å². The van der Waals surface area contributed by atoms with Crippen LogP contribution in [0.4, 0.5) is 17.2 Å². The lowest BCUT2D eigenvalue weighted by molar-refractivity contribution is 0.102. The van der Waals surface area contributed by atoms with Crippen LogP contribution in [0, 0.1) is 13.8 Å². The van der Waals surface area contributed by atoms with Gasteiger partial charge in [0.2, 0.25) is 5.88 Å². The molecule has 0 saturated carbocycles. The number of amides is 1. The van der Waals surface area contributed by atoms with Crippen LogP contribution < -0.4 is 24.4 Å². The summed E-state index contributed by atoms with van der Waals surface area (Å²) in [6.45, 7) is 4.82. The first-order valence-electron chi connectivity index (χ1n) is 10.5. The lowest BCUT2D eigenvalue weighted by atomic mass is 10.1. The molecule has 0 bridgehead atoms. The van der Waals surface area contributed by atoms with Crippen LogP contribution in [0.15, 0.2) is 47.6 Å². The molecule has 1 aliphatic rings. The van der Waals surface area contributed by atoms with Gasteiger partial charge in [-0.05, 0) is 37.1 Å². The van der Waals surface area contributed by atoms with Crippen molar-refractivity contribution in [3.63, 3.8) is 0 Å². The van der Waals surface area contributed by atoms with Crippen molar-refractivity contribution in [3.8, 4) is 11.6 Å². The van der Waals surface area contributed by atoms with E-state index in [0.29, 0.717) is 30.4 Å². The molecule has 0 unspecified atom stereocenters. The number of sulfonamides is 1. The molecule has 1 aromatic carbocycles. The third kappa shape index (κ3) is 4.60. The van der Waals surface area contributed by atoms with Gasteiger partial charge in [-0.15, -0.1) is 0 Å². The van der Waals surface area contributed by atoms with Crippen LogP contribution in [0.25, 0.3) is 0 Å². The Balaban J connectivity index is 1.62. The molecule has 0 spiro atoms. The van der Waals surface area contributed by atoms with Gasteiger partial charge in [0.15, 0.2) is 16.5 Å². The molecule has 178 valence electrons. The Morgan fingerprint density at radius 2 is 1.88 bits per heavy atom. The van der Waals surface area contributed by atoms with E-state index in [-0.39, 0.29) is 22.0 Å². The average Bonchev–Trinajstić information content (AvgIpc) is 2.81. The summed E-state index contributed by atoms with van der Waals surface area (Å²) < 4.78 is 39.8. The van der Waals surface area contributed by atoms with Gasteiger partial charge in [-0.3, -0.25) is 9.52 Å². The van der Waals surface area contributed by atoms with E-state index in [1.807, 2.05) is 44.0 Å². The number of methoxy groups -OCH3 is 1. The molecule has 0 aliphatic carbocycles. The zero-order valence-corrected chi connectivity index (χ0v) is 20.1. The van der Waals surface area contributed by atoms with Crippen molar-refractivity contribution in [1.82, 2.24) is 9.97 Å². The van der Waals surface area contributed by atoms with E-state index >= 15 is 0 Å². The van der Waals surface area contributed by atoms with Crippen molar-refractivity contribution in [3.05, 3.63) is 59.4 Å². The fourth-order valence-electron chi connectivity index (χ4n) is 3.57. The van der Waals surface area contributed by atoms with Crippen LogP contribution in [-0.2, 0) is 10.0 Å². The minimum absolute atomic E-state index is 0.0939. The number of nitrogens with one attached hydrogen (secondary N) is 2. The van der Waals surface area contributed by atoms with Crippen molar-refractivity contribution >= 4 is 33.1 Å². The molecule has 10 nitrogen and oxygen atoms in total. The number of hydrogen-bond acceptors (Lipinski definition) is 8. The molecule has 2 aromatic heterocycles. The van der Waals surface area contributed by atoms with Gasteiger partial charge < -0.3 is 19.7 Å². The van der Waals surface area contributed by atoms with E-state index in [1.54, 1.807) is 6.07 Å². The van der Waals surface area contributed by atoms with Gasteiger partial charge in [0.1, 0.15) is 6.61 Å². The Labute approximate surface area is 198 Å². The highest BCUT2D eigenvalue weighted by atomic mass is 32.2. The number of nitrogens with zero attached hydrogens (tertiary/aromatic N) is 3. The van der Waals surface area contributed by atoms with Crippen molar-refractivity contribution in [2.45, 2.75) is 18.7 Å². The summed E-state index contributed by atoms with van der Waals surface area (Å²) >= 11 is 0. The Morgan fingerprint density at radius 1 is 1.15 bits per heavy atom. The minimum atomic E-state index is -4.07. The number of aromatic nitrogens is 2. The number of hydrogen-bond donors (Lipinski definition) is 2. The monoisotopic (exact) mass is 483 g/mol. The number of carbonyl (C=O) groups is 1. The molecule has 3 aromatic rings. The first kappa shape index (κ1) is 23.3. The van der Waals surface area contributed by atoms with Gasteiger partial charge in [-0.1, -0.05) is 18.2 Å². The zero-order valence-electron chi connectivity index (χ0n) is 19.2. The Hall–Kier alpha value is -3.86. The summed E-state index contributed by atoms with van der Waals surface area (Å²) in [5.74, 6) is 0.587. The quantitative estimate of drug-likeness (QED) is 0.549. The molecular formula is C23H25N5O5S. The molecular weight excluding hydrogens is 458 g/mol. The first-order valence-corrected chi connectivity index (χ1v) is 12.0. The van der Waals surface area contributed by atoms with Crippen LogP contribution >= 0.6 is 0 Å². The summed E-state index contributed by atoms with van der Waals surface area (Å²) in [4.78, 5) is 22.9. The average molecular weight is 484 g/mol. The van der Waals surface area contributed by atoms with Crippen molar-refractivity contribution in [1.29, 1.82) is 0 Å². The topological polar surface area (TPSA) is 123 Å². The molecule has 0 saturated heterocycles. The summed E-state index contributed by atoms with van der Waals surface area (Å²) in [6.07, 6.45) is 2.77. The SMILES string of the molecule is COc1ncc(NC(=O)c2cnc3c(c2)OCCN3C)cc1S(=O)(=O)Nc1c(C)cccc1C. The van der Waals surface area contributed by atoms with Crippen LogP contribution in [0.3, 0.4) is 0 Å². The van der Waals surface area contributed by atoms with E-state index in [0.717, 1.165) is 11.1 Å². The van der Waals surface area contributed by atoms with E-state index < -0.39 is 15.9 Å². The largest absolute Gasteiger partial charge is 0.488 e. The fraction of sp³-hybridized carbons (Fsp3) is 0.261. The maximum atomic E-state index is 13.2. The predicted molar refractivity (Wildman–Crippen MR) is 128 cm³/mol. The number of rotatable bonds is 6. The highest BCUT2D eigenvalue weighted by Crippen LogP contribution is 2.31. The first-order chi connectivity index (χ1) is 16.2. The van der Waals surface area contributed by atoms with Gasteiger partial charge in [-0.2, -0.15) is 0 Å². The van der Waals surface area contributed by atoms with E-state index in [1.165, 1.54) is 25.6 Å². The second-order valence-corrected chi connectivity index (χ2v) is 9.52. The van der Waals surface area contributed by atoms with Gasteiger partial charge in [0.25, 0.3) is 15.9 Å². The normalized spacial score (nSPS) is 13.0. The molecule has 0 fully saturated rings. The smallest absolute Gasteiger partial charge is 0.267 e. The number of anilines is 3. The van der Waals surface area contributed by atoms with Gasteiger partial charge >= 0.3 is 0 Å². The van der Waals surface area contributed by atoms with Crippen LogP contribution in [0.5, 0.6) is 11.6 Å². The van der Waals surface area contributed by atoms with Gasteiger partial charge in [0.05, 0.1) is 36.8 Å². The van der Waals surface area contributed by atoms with Gasteiger partial charge in [0, 0.05) is 13.2 Å². The summed E-state index contributed by atoms with van der Waals surface area (Å²) in [6, 6.07) is 8.37. The maximum Gasteiger partial charge on any atom is 0.267 e. The molecule has 0 radical (unpaired) electrons.